The van der Waals surface area contributed by atoms with Crippen LogP contribution in [0.3, 0.4) is 0 Å². The maximum atomic E-state index is 6.04. The fourth-order valence-electron chi connectivity index (χ4n) is 2.78. The molecule has 0 aliphatic carbocycles. The van der Waals surface area contributed by atoms with Crippen LogP contribution < -0.4 is 0 Å². The molecule has 4 aromatic rings. The fraction of sp³-hybridized carbons (Fsp3) is 0.158. The summed E-state index contributed by atoms with van der Waals surface area (Å²) in [5.41, 5.74) is 2.77. The van der Waals surface area contributed by atoms with Gasteiger partial charge in [-0.1, -0.05) is 23.7 Å². The summed E-state index contributed by atoms with van der Waals surface area (Å²) in [7, 11) is 0. The normalized spacial score (nSPS) is 11.6. The first-order chi connectivity index (χ1) is 13.0. The van der Waals surface area contributed by atoms with Gasteiger partial charge in [0.2, 0.25) is 0 Å². The van der Waals surface area contributed by atoms with Gasteiger partial charge in [-0.2, -0.15) is 14.9 Å². The van der Waals surface area contributed by atoms with Crippen LogP contribution in [0, 0.1) is 20.8 Å². The molecule has 0 N–H and O–H groups in total. The molecule has 0 aliphatic rings. The maximum Gasteiger partial charge on any atom is 0.273 e. The van der Waals surface area contributed by atoms with Crippen LogP contribution in [0.1, 0.15) is 23.0 Å². The standard InChI is InChI=1S/C19H17ClN6O/c1-12-9-13(2)25(24-12)19-23-22-14(3)26(19)21-11-17-7-8-18(27-17)15-5-4-6-16(20)10-15/h4-11H,1-3H3/b21-11+. The summed E-state index contributed by atoms with van der Waals surface area (Å²) in [4.78, 5) is 0. The fourth-order valence-corrected chi connectivity index (χ4v) is 2.97. The van der Waals surface area contributed by atoms with Crippen molar-refractivity contribution in [1.82, 2.24) is 24.7 Å². The van der Waals surface area contributed by atoms with E-state index in [1.165, 1.54) is 0 Å². The number of hydrogen-bond acceptors (Lipinski definition) is 5. The topological polar surface area (TPSA) is 74.0 Å². The average Bonchev–Trinajstić information content (AvgIpc) is 3.32. The Morgan fingerprint density at radius 3 is 2.67 bits per heavy atom. The third-order valence-corrected chi connectivity index (χ3v) is 4.25. The first-order valence-electron chi connectivity index (χ1n) is 8.37. The molecule has 8 heteroatoms. The lowest BCUT2D eigenvalue weighted by Crippen LogP contribution is -2.07. The zero-order valence-electron chi connectivity index (χ0n) is 15.1. The van der Waals surface area contributed by atoms with Crippen LogP contribution in [0.5, 0.6) is 0 Å². The molecular weight excluding hydrogens is 364 g/mol. The number of rotatable bonds is 4. The molecule has 0 bridgehead atoms. The summed E-state index contributed by atoms with van der Waals surface area (Å²) in [5.74, 6) is 2.50. The molecule has 7 nitrogen and oxygen atoms in total. The third kappa shape index (κ3) is 3.41. The minimum Gasteiger partial charge on any atom is -0.455 e. The Hall–Kier alpha value is -3.19. The molecule has 4 rings (SSSR count). The first-order valence-corrected chi connectivity index (χ1v) is 8.75. The van der Waals surface area contributed by atoms with Gasteiger partial charge >= 0.3 is 0 Å². The van der Waals surface area contributed by atoms with E-state index in [4.69, 9.17) is 16.0 Å². The van der Waals surface area contributed by atoms with Gasteiger partial charge in [0.15, 0.2) is 5.82 Å². The molecule has 0 fully saturated rings. The molecule has 3 aromatic heterocycles. The molecule has 0 saturated carbocycles. The highest BCUT2D eigenvalue weighted by Gasteiger charge is 2.13. The van der Waals surface area contributed by atoms with Crippen molar-refractivity contribution in [2.24, 2.45) is 5.10 Å². The van der Waals surface area contributed by atoms with E-state index in [-0.39, 0.29) is 0 Å². The Kier molecular flexibility index (Phi) is 4.37. The van der Waals surface area contributed by atoms with Crippen molar-refractivity contribution in [2.45, 2.75) is 20.8 Å². The lowest BCUT2D eigenvalue weighted by atomic mass is 10.2. The Morgan fingerprint density at radius 2 is 1.93 bits per heavy atom. The van der Waals surface area contributed by atoms with E-state index in [9.17, 15) is 0 Å². The Bertz CT molecular complexity index is 1140. The van der Waals surface area contributed by atoms with Crippen molar-refractivity contribution in [2.75, 3.05) is 0 Å². The maximum absolute atomic E-state index is 6.04. The van der Waals surface area contributed by atoms with E-state index in [0.29, 0.717) is 22.6 Å². The molecule has 136 valence electrons. The van der Waals surface area contributed by atoms with Crippen molar-refractivity contribution < 1.29 is 4.42 Å². The van der Waals surface area contributed by atoms with Crippen LogP contribution in [0.15, 0.2) is 52.0 Å². The van der Waals surface area contributed by atoms with Crippen molar-refractivity contribution >= 4 is 17.8 Å². The second-order valence-electron chi connectivity index (χ2n) is 6.15. The van der Waals surface area contributed by atoms with Crippen LogP contribution >= 0.6 is 11.6 Å². The van der Waals surface area contributed by atoms with E-state index < -0.39 is 0 Å². The molecule has 27 heavy (non-hydrogen) atoms. The molecule has 0 spiro atoms. The molecule has 0 amide bonds. The highest BCUT2D eigenvalue weighted by molar-refractivity contribution is 6.30. The van der Waals surface area contributed by atoms with Gasteiger partial charge in [0.25, 0.3) is 5.95 Å². The molecule has 0 radical (unpaired) electrons. The Balaban J connectivity index is 1.65. The van der Waals surface area contributed by atoms with Gasteiger partial charge in [-0.25, -0.2) is 4.68 Å². The second-order valence-corrected chi connectivity index (χ2v) is 6.59. The van der Waals surface area contributed by atoms with E-state index >= 15 is 0 Å². The first kappa shape index (κ1) is 17.2. The third-order valence-electron chi connectivity index (χ3n) is 4.02. The average molecular weight is 381 g/mol. The lowest BCUT2D eigenvalue weighted by molar-refractivity contribution is 0.573. The van der Waals surface area contributed by atoms with E-state index in [2.05, 4.69) is 20.4 Å². The minimum absolute atomic E-state index is 0.524. The lowest BCUT2D eigenvalue weighted by Gasteiger charge is -2.03. The predicted molar refractivity (Wildman–Crippen MR) is 104 cm³/mol. The largest absolute Gasteiger partial charge is 0.455 e. The smallest absolute Gasteiger partial charge is 0.273 e. The number of hydrogen-bond donors (Lipinski definition) is 0. The van der Waals surface area contributed by atoms with Crippen LogP contribution in [-0.2, 0) is 0 Å². The van der Waals surface area contributed by atoms with Gasteiger partial charge in [-0.3, -0.25) is 0 Å². The number of halogens is 1. The van der Waals surface area contributed by atoms with Crippen molar-refractivity contribution in [1.29, 1.82) is 0 Å². The Labute approximate surface area is 160 Å². The van der Waals surface area contributed by atoms with Crippen LogP contribution in [-0.4, -0.2) is 30.9 Å². The van der Waals surface area contributed by atoms with E-state index in [1.807, 2.05) is 63.2 Å². The molecule has 3 heterocycles. The molecule has 0 saturated heterocycles. The molecular formula is C19H17ClN6O. The van der Waals surface area contributed by atoms with Crippen molar-refractivity contribution in [3.05, 3.63) is 70.5 Å². The molecule has 0 unspecified atom stereocenters. The van der Waals surface area contributed by atoms with Crippen LogP contribution in [0.25, 0.3) is 17.3 Å². The summed E-state index contributed by atoms with van der Waals surface area (Å²) in [5, 5.41) is 17.9. The number of benzene rings is 1. The van der Waals surface area contributed by atoms with Gasteiger partial charge < -0.3 is 4.42 Å². The molecule has 1 aromatic carbocycles. The molecule has 0 aliphatic heterocycles. The van der Waals surface area contributed by atoms with E-state index in [1.54, 1.807) is 15.6 Å². The number of furan rings is 1. The predicted octanol–water partition coefficient (Wildman–Crippen LogP) is 4.18. The number of nitrogens with zero attached hydrogens (tertiary/aromatic N) is 6. The van der Waals surface area contributed by atoms with Gasteiger partial charge in [0.05, 0.1) is 11.9 Å². The second kappa shape index (κ2) is 6.85. The van der Waals surface area contributed by atoms with Gasteiger partial charge in [0.1, 0.15) is 11.5 Å². The molecule has 0 atom stereocenters. The highest BCUT2D eigenvalue weighted by atomic mass is 35.5. The van der Waals surface area contributed by atoms with Crippen LogP contribution in [0.4, 0.5) is 0 Å². The van der Waals surface area contributed by atoms with Gasteiger partial charge in [0, 0.05) is 16.3 Å². The Morgan fingerprint density at radius 1 is 1.07 bits per heavy atom. The number of aromatic nitrogens is 5. The summed E-state index contributed by atoms with van der Waals surface area (Å²) in [6.07, 6.45) is 1.62. The summed E-state index contributed by atoms with van der Waals surface area (Å²) < 4.78 is 9.19. The quantitative estimate of drug-likeness (QED) is 0.498. The summed E-state index contributed by atoms with van der Waals surface area (Å²) >= 11 is 6.04. The van der Waals surface area contributed by atoms with Gasteiger partial charge in [-0.15, -0.1) is 10.2 Å². The van der Waals surface area contributed by atoms with E-state index in [0.717, 1.165) is 22.7 Å². The number of aryl methyl sites for hydroxylation is 3. The van der Waals surface area contributed by atoms with Gasteiger partial charge in [-0.05, 0) is 51.1 Å². The zero-order valence-corrected chi connectivity index (χ0v) is 15.8. The summed E-state index contributed by atoms with van der Waals surface area (Å²) in [6.45, 7) is 5.72. The summed E-state index contributed by atoms with van der Waals surface area (Å²) in [6, 6.07) is 13.2. The monoisotopic (exact) mass is 380 g/mol. The van der Waals surface area contributed by atoms with Crippen LogP contribution in [0.2, 0.25) is 5.02 Å². The highest BCUT2D eigenvalue weighted by Crippen LogP contribution is 2.24. The SMILES string of the molecule is Cc1cc(C)n(-c2nnc(C)n2/N=C/c2ccc(-c3cccc(Cl)c3)o2)n1. The minimum atomic E-state index is 0.524. The van der Waals surface area contributed by atoms with Crippen molar-refractivity contribution in [3.8, 4) is 17.3 Å². The zero-order chi connectivity index (χ0) is 19.0. The van der Waals surface area contributed by atoms with Crippen molar-refractivity contribution in [3.63, 3.8) is 0 Å².